The molecular formula is C25H28N6OS. The molecule has 4 heterocycles. The second-order valence-corrected chi connectivity index (χ2v) is 9.99. The highest BCUT2D eigenvalue weighted by Crippen LogP contribution is 2.36. The minimum absolute atomic E-state index is 0.238. The maximum atomic E-state index is 5.90. The summed E-state index contributed by atoms with van der Waals surface area (Å²) < 4.78 is 9.21. The molecule has 2 aromatic heterocycles. The molecule has 0 aliphatic carbocycles. The van der Waals surface area contributed by atoms with Crippen LogP contribution in [-0.4, -0.2) is 46.1 Å². The fourth-order valence-corrected chi connectivity index (χ4v) is 5.91. The maximum Gasteiger partial charge on any atom is 0.186 e. The van der Waals surface area contributed by atoms with Crippen LogP contribution in [0.1, 0.15) is 43.5 Å². The third-order valence-electron chi connectivity index (χ3n) is 6.65. The molecular weight excluding hydrogens is 432 g/mol. The fourth-order valence-electron chi connectivity index (χ4n) is 4.91. The zero-order valence-electron chi connectivity index (χ0n) is 18.6. The molecule has 2 aliphatic rings. The highest BCUT2D eigenvalue weighted by Gasteiger charge is 2.31. The van der Waals surface area contributed by atoms with Crippen LogP contribution in [-0.2, 0) is 4.74 Å². The first kappa shape index (κ1) is 20.6. The highest BCUT2D eigenvalue weighted by molar-refractivity contribution is 7.22. The summed E-state index contributed by atoms with van der Waals surface area (Å²) in [7, 11) is 0. The number of ether oxygens (including phenoxy) is 1. The number of fused-ring (bicyclic) bond motifs is 1. The molecule has 0 saturated carbocycles. The van der Waals surface area contributed by atoms with E-state index in [1.807, 2.05) is 24.3 Å². The summed E-state index contributed by atoms with van der Waals surface area (Å²) in [4.78, 5) is 12.4. The van der Waals surface area contributed by atoms with Gasteiger partial charge in [0.2, 0.25) is 0 Å². The number of hydrogen-bond donors (Lipinski definition) is 1. The first-order valence-electron chi connectivity index (χ1n) is 11.8. The van der Waals surface area contributed by atoms with Crippen molar-refractivity contribution < 1.29 is 4.74 Å². The van der Waals surface area contributed by atoms with E-state index in [-0.39, 0.29) is 6.04 Å². The van der Waals surface area contributed by atoms with Gasteiger partial charge in [0, 0.05) is 36.9 Å². The molecule has 2 saturated heterocycles. The standard InChI is InChI=1S/C25H28N6OS/c26-19-11-9-17(10-12-19)23-28-24(31(29-23)20-6-4-14-32-16-20)18-5-3-13-30(15-18)25-27-21-7-1-2-8-22(21)33-25/h1-2,7-12,18,20H,3-6,13-16,26H2. The third-order valence-corrected chi connectivity index (χ3v) is 7.75. The van der Waals surface area contributed by atoms with Gasteiger partial charge in [-0.25, -0.2) is 14.6 Å². The monoisotopic (exact) mass is 460 g/mol. The van der Waals surface area contributed by atoms with Crippen molar-refractivity contribution in [2.45, 2.75) is 37.6 Å². The minimum atomic E-state index is 0.238. The van der Waals surface area contributed by atoms with Gasteiger partial charge in [-0.1, -0.05) is 23.5 Å². The van der Waals surface area contributed by atoms with E-state index in [9.17, 15) is 0 Å². The van der Waals surface area contributed by atoms with Crippen molar-refractivity contribution in [3.05, 3.63) is 54.4 Å². The lowest BCUT2D eigenvalue weighted by Gasteiger charge is -2.33. The van der Waals surface area contributed by atoms with Crippen molar-refractivity contribution in [3.63, 3.8) is 0 Å². The van der Waals surface area contributed by atoms with Crippen LogP contribution in [0.25, 0.3) is 21.6 Å². The van der Waals surface area contributed by atoms with Crippen molar-refractivity contribution in [1.82, 2.24) is 19.7 Å². The lowest BCUT2D eigenvalue weighted by Crippen LogP contribution is -2.36. The average Bonchev–Trinajstić information content (AvgIpc) is 3.50. The molecule has 6 rings (SSSR count). The SMILES string of the molecule is Nc1ccc(-c2nc(C3CCCN(c4nc5ccccc5s4)C3)n(C3CCCOC3)n2)cc1. The van der Waals surface area contributed by atoms with Crippen molar-refractivity contribution >= 4 is 32.4 Å². The number of aromatic nitrogens is 4. The average molecular weight is 461 g/mol. The second-order valence-electron chi connectivity index (χ2n) is 8.98. The van der Waals surface area contributed by atoms with E-state index in [1.165, 1.54) is 4.70 Å². The number of piperidine rings is 1. The molecule has 2 N–H and O–H groups in total. The molecule has 4 aromatic rings. The molecule has 0 amide bonds. The van der Waals surface area contributed by atoms with Crippen LogP contribution in [0.4, 0.5) is 10.8 Å². The predicted octanol–water partition coefficient (Wildman–Crippen LogP) is 4.87. The first-order valence-corrected chi connectivity index (χ1v) is 12.6. The van der Waals surface area contributed by atoms with Crippen LogP contribution >= 0.6 is 11.3 Å². The fraction of sp³-hybridized carbons (Fsp3) is 0.400. The molecule has 7 nitrogen and oxygen atoms in total. The van der Waals surface area contributed by atoms with Gasteiger partial charge in [-0.3, -0.25) is 0 Å². The second kappa shape index (κ2) is 8.76. The number of nitrogens with two attached hydrogens (primary N) is 1. The summed E-state index contributed by atoms with van der Waals surface area (Å²) in [6.45, 7) is 3.47. The van der Waals surface area contributed by atoms with Crippen LogP contribution in [0.5, 0.6) is 0 Å². The molecule has 0 bridgehead atoms. The minimum Gasteiger partial charge on any atom is -0.399 e. The number of anilines is 2. The number of para-hydroxylation sites is 1. The van der Waals surface area contributed by atoms with Crippen molar-refractivity contribution in [2.75, 3.05) is 36.9 Å². The van der Waals surface area contributed by atoms with Crippen molar-refractivity contribution in [1.29, 1.82) is 0 Å². The van der Waals surface area contributed by atoms with E-state index < -0.39 is 0 Å². The summed E-state index contributed by atoms with van der Waals surface area (Å²) >= 11 is 1.78. The Hall–Kier alpha value is -2.97. The van der Waals surface area contributed by atoms with Crippen LogP contribution in [0.15, 0.2) is 48.5 Å². The quantitative estimate of drug-likeness (QED) is 0.438. The van der Waals surface area contributed by atoms with E-state index in [1.54, 1.807) is 11.3 Å². The molecule has 2 fully saturated rings. The smallest absolute Gasteiger partial charge is 0.186 e. The first-order chi connectivity index (χ1) is 16.2. The Morgan fingerprint density at radius 3 is 2.70 bits per heavy atom. The maximum absolute atomic E-state index is 5.90. The van der Waals surface area contributed by atoms with E-state index in [2.05, 4.69) is 33.8 Å². The Balaban J connectivity index is 1.33. The zero-order valence-corrected chi connectivity index (χ0v) is 19.4. The van der Waals surface area contributed by atoms with E-state index >= 15 is 0 Å². The van der Waals surface area contributed by atoms with Gasteiger partial charge in [0.1, 0.15) is 5.82 Å². The van der Waals surface area contributed by atoms with Crippen molar-refractivity contribution in [3.8, 4) is 11.4 Å². The Kier molecular flexibility index (Phi) is 5.47. The highest BCUT2D eigenvalue weighted by atomic mass is 32.1. The Morgan fingerprint density at radius 1 is 1.00 bits per heavy atom. The van der Waals surface area contributed by atoms with Gasteiger partial charge in [-0.2, -0.15) is 5.10 Å². The van der Waals surface area contributed by atoms with Crippen LogP contribution in [0, 0.1) is 0 Å². The molecule has 2 aliphatic heterocycles. The van der Waals surface area contributed by atoms with Gasteiger partial charge in [0.25, 0.3) is 0 Å². The van der Waals surface area contributed by atoms with Crippen molar-refractivity contribution in [2.24, 2.45) is 0 Å². The molecule has 0 spiro atoms. The largest absolute Gasteiger partial charge is 0.399 e. The Morgan fingerprint density at radius 2 is 1.88 bits per heavy atom. The zero-order chi connectivity index (χ0) is 22.2. The third kappa shape index (κ3) is 4.09. The number of nitrogen functional groups attached to an aromatic ring is 1. The number of rotatable bonds is 4. The molecule has 0 radical (unpaired) electrons. The van der Waals surface area contributed by atoms with Crippen LogP contribution < -0.4 is 10.6 Å². The number of thiazole rings is 1. The number of hydrogen-bond acceptors (Lipinski definition) is 7. The van der Waals surface area contributed by atoms with Crippen LogP contribution in [0.2, 0.25) is 0 Å². The normalized spacial score (nSPS) is 21.5. The molecule has 33 heavy (non-hydrogen) atoms. The van der Waals surface area contributed by atoms with E-state index in [0.29, 0.717) is 12.5 Å². The predicted molar refractivity (Wildman–Crippen MR) is 133 cm³/mol. The summed E-state index contributed by atoms with van der Waals surface area (Å²) in [5, 5.41) is 6.10. The topological polar surface area (TPSA) is 82.1 Å². The lowest BCUT2D eigenvalue weighted by atomic mass is 9.97. The van der Waals surface area contributed by atoms with Gasteiger partial charge in [0.15, 0.2) is 11.0 Å². The number of benzene rings is 2. The van der Waals surface area contributed by atoms with E-state index in [0.717, 1.165) is 78.9 Å². The Labute approximate surface area is 197 Å². The summed E-state index contributed by atoms with van der Waals surface area (Å²) in [6, 6.07) is 16.4. The molecule has 2 unspecified atom stereocenters. The molecule has 8 heteroatoms. The number of nitrogens with zero attached hydrogens (tertiary/aromatic N) is 5. The molecule has 2 atom stereocenters. The van der Waals surface area contributed by atoms with Gasteiger partial charge in [0.05, 0.1) is 22.9 Å². The van der Waals surface area contributed by atoms with Crippen LogP contribution in [0.3, 0.4) is 0 Å². The Bertz CT molecular complexity index is 1210. The van der Waals surface area contributed by atoms with Gasteiger partial charge in [-0.15, -0.1) is 0 Å². The van der Waals surface area contributed by atoms with Gasteiger partial charge >= 0.3 is 0 Å². The summed E-state index contributed by atoms with van der Waals surface area (Å²) in [6.07, 6.45) is 4.36. The molecule has 2 aromatic carbocycles. The summed E-state index contributed by atoms with van der Waals surface area (Å²) in [5.41, 5.74) is 8.72. The van der Waals surface area contributed by atoms with Gasteiger partial charge < -0.3 is 15.4 Å². The molecule has 170 valence electrons. The lowest BCUT2D eigenvalue weighted by molar-refractivity contribution is 0.0532. The van der Waals surface area contributed by atoms with E-state index in [4.69, 9.17) is 25.5 Å². The summed E-state index contributed by atoms with van der Waals surface area (Å²) in [5.74, 6) is 2.15. The van der Waals surface area contributed by atoms with Gasteiger partial charge in [-0.05, 0) is 62.1 Å².